The Morgan fingerprint density at radius 3 is 3.17 bits per heavy atom. The number of hydrogen-bond donors (Lipinski definition) is 1. The number of aryl methyl sites for hydroxylation is 1. The molecule has 18 heavy (non-hydrogen) atoms. The molecule has 0 atom stereocenters. The predicted octanol–water partition coefficient (Wildman–Crippen LogP) is 2.87. The zero-order valence-electron chi connectivity index (χ0n) is 9.96. The quantitative estimate of drug-likeness (QED) is 0.736. The zero-order chi connectivity index (χ0) is 12.5. The first-order valence-corrected chi connectivity index (χ1v) is 6.51. The largest absolute Gasteiger partial charge is 0.485 e. The molecule has 2 heterocycles. The van der Waals surface area contributed by atoms with Crippen molar-refractivity contribution in [1.29, 1.82) is 0 Å². The van der Waals surface area contributed by atoms with Crippen LogP contribution in [0.25, 0.3) is 4.96 Å². The molecule has 0 unspecified atom stereocenters. The molecule has 2 aromatic heterocycles. The Labute approximate surface area is 109 Å². The Morgan fingerprint density at radius 1 is 1.44 bits per heavy atom. The number of fused-ring (bicyclic) bond motifs is 1. The Kier molecular flexibility index (Phi) is 2.68. The lowest BCUT2D eigenvalue weighted by Crippen LogP contribution is -2.00. The van der Waals surface area contributed by atoms with Crippen molar-refractivity contribution in [2.45, 2.75) is 13.5 Å². The van der Waals surface area contributed by atoms with Crippen LogP contribution in [0.3, 0.4) is 0 Å². The highest BCUT2D eigenvalue weighted by molar-refractivity contribution is 7.15. The fraction of sp³-hybridized carbons (Fsp3) is 0.154. The van der Waals surface area contributed by atoms with Crippen LogP contribution < -0.4 is 10.5 Å². The lowest BCUT2D eigenvalue weighted by atomic mass is 10.2. The van der Waals surface area contributed by atoms with Crippen molar-refractivity contribution in [2.24, 2.45) is 0 Å². The maximum Gasteiger partial charge on any atom is 0.193 e. The molecule has 0 spiro atoms. The van der Waals surface area contributed by atoms with Gasteiger partial charge >= 0.3 is 0 Å². The number of imidazole rings is 1. The van der Waals surface area contributed by atoms with Crippen molar-refractivity contribution in [1.82, 2.24) is 9.38 Å². The maximum absolute atomic E-state index is 5.95. The summed E-state index contributed by atoms with van der Waals surface area (Å²) < 4.78 is 7.70. The van der Waals surface area contributed by atoms with Crippen LogP contribution in [0.2, 0.25) is 0 Å². The van der Waals surface area contributed by atoms with Gasteiger partial charge in [0.25, 0.3) is 0 Å². The highest BCUT2D eigenvalue weighted by Gasteiger charge is 2.06. The second-order valence-corrected chi connectivity index (χ2v) is 4.97. The van der Waals surface area contributed by atoms with E-state index in [0.29, 0.717) is 18.0 Å². The van der Waals surface area contributed by atoms with E-state index in [9.17, 15) is 0 Å². The number of nitrogens with two attached hydrogens (primary N) is 1. The van der Waals surface area contributed by atoms with Gasteiger partial charge < -0.3 is 10.5 Å². The number of anilines is 1. The maximum atomic E-state index is 5.95. The number of thiazole rings is 1. The molecule has 0 amide bonds. The van der Waals surface area contributed by atoms with Gasteiger partial charge in [-0.2, -0.15) is 0 Å². The molecule has 3 rings (SSSR count). The minimum Gasteiger partial charge on any atom is -0.485 e. The minimum atomic E-state index is 0.433. The van der Waals surface area contributed by atoms with Crippen LogP contribution in [0.4, 0.5) is 5.69 Å². The molecule has 0 bridgehead atoms. The van der Waals surface area contributed by atoms with E-state index in [1.807, 2.05) is 47.3 Å². The average molecular weight is 259 g/mol. The first-order chi connectivity index (χ1) is 8.74. The summed E-state index contributed by atoms with van der Waals surface area (Å²) >= 11 is 1.61. The molecule has 0 radical (unpaired) electrons. The number of para-hydroxylation sites is 1. The van der Waals surface area contributed by atoms with Crippen LogP contribution in [0, 0.1) is 6.92 Å². The average Bonchev–Trinajstić information content (AvgIpc) is 2.91. The van der Waals surface area contributed by atoms with E-state index >= 15 is 0 Å². The van der Waals surface area contributed by atoms with Crippen molar-refractivity contribution in [3.8, 4) is 5.75 Å². The van der Waals surface area contributed by atoms with Crippen LogP contribution in [0.1, 0.15) is 11.3 Å². The van der Waals surface area contributed by atoms with Crippen molar-refractivity contribution in [2.75, 3.05) is 5.73 Å². The van der Waals surface area contributed by atoms with Gasteiger partial charge in [0.05, 0.1) is 11.4 Å². The highest BCUT2D eigenvalue weighted by atomic mass is 32.1. The number of nitrogens with zero attached hydrogens (tertiary/aromatic N) is 2. The van der Waals surface area contributed by atoms with Gasteiger partial charge in [-0.25, -0.2) is 4.98 Å². The molecule has 0 aliphatic rings. The van der Waals surface area contributed by atoms with Gasteiger partial charge in [0, 0.05) is 17.8 Å². The SMILES string of the molecule is Cc1cccc(OCc2cn3ccsc3n2)c1N. The standard InChI is InChI=1S/C13H13N3OS/c1-9-3-2-4-11(12(9)14)17-8-10-7-16-5-6-18-13(16)15-10/h2-7H,8,14H2,1H3. The van der Waals surface area contributed by atoms with Crippen LogP contribution in [-0.4, -0.2) is 9.38 Å². The lowest BCUT2D eigenvalue weighted by Gasteiger charge is -2.08. The van der Waals surface area contributed by atoms with E-state index in [4.69, 9.17) is 10.5 Å². The number of aromatic nitrogens is 2. The van der Waals surface area contributed by atoms with Crippen molar-refractivity contribution >= 4 is 22.0 Å². The van der Waals surface area contributed by atoms with Crippen molar-refractivity contribution < 1.29 is 4.74 Å². The Bertz CT molecular complexity index is 658. The monoisotopic (exact) mass is 259 g/mol. The highest BCUT2D eigenvalue weighted by Crippen LogP contribution is 2.25. The van der Waals surface area contributed by atoms with E-state index in [1.54, 1.807) is 11.3 Å². The molecule has 0 aliphatic carbocycles. The smallest absolute Gasteiger partial charge is 0.193 e. The number of hydrogen-bond acceptors (Lipinski definition) is 4. The summed E-state index contributed by atoms with van der Waals surface area (Å²) in [4.78, 5) is 5.43. The van der Waals surface area contributed by atoms with Gasteiger partial charge in [-0.3, -0.25) is 4.40 Å². The second-order valence-electron chi connectivity index (χ2n) is 4.10. The van der Waals surface area contributed by atoms with Gasteiger partial charge in [-0.1, -0.05) is 12.1 Å². The van der Waals surface area contributed by atoms with E-state index < -0.39 is 0 Å². The summed E-state index contributed by atoms with van der Waals surface area (Å²) in [5, 5.41) is 2.01. The summed E-state index contributed by atoms with van der Waals surface area (Å²) in [6.07, 6.45) is 3.95. The molecule has 3 aromatic rings. The molecule has 5 heteroatoms. The van der Waals surface area contributed by atoms with Gasteiger partial charge in [-0.15, -0.1) is 11.3 Å². The summed E-state index contributed by atoms with van der Waals surface area (Å²) in [5.41, 5.74) is 8.58. The lowest BCUT2D eigenvalue weighted by molar-refractivity contribution is 0.303. The molecule has 0 saturated carbocycles. The first-order valence-electron chi connectivity index (χ1n) is 5.63. The van der Waals surface area contributed by atoms with Crippen molar-refractivity contribution in [3.63, 3.8) is 0 Å². The molecule has 1 aromatic carbocycles. The fourth-order valence-corrected chi connectivity index (χ4v) is 2.50. The normalized spacial score (nSPS) is 10.9. The second kappa shape index (κ2) is 4.34. The van der Waals surface area contributed by atoms with Crippen LogP contribution in [0.5, 0.6) is 5.75 Å². The fourth-order valence-electron chi connectivity index (χ4n) is 1.78. The van der Waals surface area contributed by atoms with Gasteiger partial charge in [0.1, 0.15) is 12.4 Å². The third-order valence-electron chi connectivity index (χ3n) is 2.80. The van der Waals surface area contributed by atoms with E-state index in [2.05, 4.69) is 4.98 Å². The van der Waals surface area contributed by atoms with Crippen LogP contribution in [-0.2, 0) is 6.61 Å². The molecule has 4 nitrogen and oxygen atoms in total. The summed E-state index contributed by atoms with van der Waals surface area (Å²) in [5.74, 6) is 0.714. The number of benzene rings is 1. The molecule has 92 valence electrons. The zero-order valence-corrected chi connectivity index (χ0v) is 10.8. The van der Waals surface area contributed by atoms with Gasteiger partial charge in [0.2, 0.25) is 0 Å². The minimum absolute atomic E-state index is 0.433. The van der Waals surface area contributed by atoms with Crippen LogP contribution >= 0.6 is 11.3 Å². The Hall–Kier alpha value is -2.01. The van der Waals surface area contributed by atoms with Gasteiger partial charge in [0.15, 0.2) is 4.96 Å². The van der Waals surface area contributed by atoms with E-state index in [0.717, 1.165) is 16.2 Å². The third kappa shape index (κ3) is 1.93. The molecule has 0 fully saturated rings. The molecule has 0 saturated heterocycles. The molecular formula is C13H13N3OS. The van der Waals surface area contributed by atoms with E-state index in [1.165, 1.54) is 0 Å². The first kappa shape index (κ1) is 11.1. The van der Waals surface area contributed by atoms with E-state index in [-0.39, 0.29) is 0 Å². The summed E-state index contributed by atoms with van der Waals surface area (Å²) in [6, 6.07) is 5.78. The molecule has 2 N–H and O–H groups in total. The predicted molar refractivity (Wildman–Crippen MR) is 73.0 cm³/mol. The Balaban J connectivity index is 1.78. The topological polar surface area (TPSA) is 52.5 Å². The third-order valence-corrected chi connectivity index (χ3v) is 3.57. The van der Waals surface area contributed by atoms with Crippen LogP contribution in [0.15, 0.2) is 36.0 Å². The number of rotatable bonds is 3. The molecular weight excluding hydrogens is 246 g/mol. The number of nitrogen functional groups attached to an aromatic ring is 1. The Morgan fingerprint density at radius 2 is 2.33 bits per heavy atom. The molecule has 0 aliphatic heterocycles. The number of ether oxygens (including phenoxy) is 1. The van der Waals surface area contributed by atoms with Gasteiger partial charge in [-0.05, 0) is 18.6 Å². The summed E-state index contributed by atoms with van der Waals surface area (Å²) in [7, 11) is 0. The summed E-state index contributed by atoms with van der Waals surface area (Å²) in [6.45, 7) is 2.40. The van der Waals surface area contributed by atoms with Crippen molar-refractivity contribution in [3.05, 3.63) is 47.2 Å².